The van der Waals surface area contributed by atoms with E-state index < -0.39 is 0 Å². The van der Waals surface area contributed by atoms with Crippen molar-refractivity contribution in [3.8, 4) is 0 Å². The second-order valence-electron chi connectivity index (χ2n) is 4.01. The van der Waals surface area contributed by atoms with Crippen molar-refractivity contribution in [2.24, 2.45) is 0 Å². The molecule has 4 nitrogen and oxygen atoms in total. The maximum atomic E-state index is 4.37. The van der Waals surface area contributed by atoms with Gasteiger partial charge >= 0.3 is 0 Å². The van der Waals surface area contributed by atoms with Crippen molar-refractivity contribution in [1.29, 1.82) is 0 Å². The maximum absolute atomic E-state index is 4.37. The van der Waals surface area contributed by atoms with Crippen LogP contribution >= 0.6 is 11.3 Å². The van der Waals surface area contributed by atoms with Crippen LogP contribution in [0.1, 0.15) is 28.3 Å². The monoisotopic (exact) mass is 250 g/mol. The van der Waals surface area contributed by atoms with Crippen LogP contribution in [0.5, 0.6) is 0 Å². The van der Waals surface area contributed by atoms with Gasteiger partial charge in [-0.25, -0.2) is 9.67 Å². The Balaban J connectivity index is 2.03. The number of rotatable bonds is 5. The summed E-state index contributed by atoms with van der Waals surface area (Å²) in [5.74, 6) is 1.82. The van der Waals surface area contributed by atoms with Crippen molar-refractivity contribution in [2.45, 2.75) is 33.9 Å². The normalized spacial score (nSPS) is 11.0. The first-order valence-electron chi connectivity index (χ1n) is 5.85. The molecular weight excluding hydrogens is 232 g/mol. The molecule has 0 unspecified atom stereocenters. The number of hydrogen-bond acceptors (Lipinski definition) is 4. The lowest BCUT2D eigenvalue weighted by Gasteiger charge is -2.00. The molecule has 0 spiro atoms. The third-order valence-corrected chi connectivity index (χ3v) is 3.60. The van der Waals surface area contributed by atoms with Crippen LogP contribution < -0.4 is 5.32 Å². The van der Waals surface area contributed by atoms with E-state index in [1.807, 2.05) is 29.9 Å². The summed E-state index contributed by atoms with van der Waals surface area (Å²) in [5, 5.41) is 7.71. The van der Waals surface area contributed by atoms with Gasteiger partial charge in [0.1, 0.15) is 11.6 Å². The third kappa shape index (κ3) is 3.14. The summed E-state index contributed by atoms with van der Waals surface area (Å²) in [6, 6.07) is 4.36. The largest absolute Gasteiger partial charge is 0.312 e. The average Bonchev–Trinajstić information content (AvgIpc) is 2.84. The lowest BCUT2D eigenvalue weighted by atomic mass is 10.4. The zero-order valence-corrected chi connectivity index (χ0v) is 11.3. The standard InChI is InChI=1S/C12H18N4S/c1-4-13-7-11-5-6-12(17-11)8-16-10(3)14-9(2)15-16/h5-6,13H,4,7-8H2,1-3H3. The fourth-order valence-electron chi connectivity index (χ4n) is 1.71. The van der Waals surface area contributed by atoms with Crippen molar-refractivity contribution < 1.29 is 0 Å². The van der Waals surface area contributed by atoms with E-state index in [9.17, 15) is 0 Å². The van der Waals surface area contributed by atoms with Gasteiger partial charge in [0, 0.05) is 16.3 Å². The highest BCUT2D eigenvalue weighted by Crippen LogP contribution is 2.17. The minimum Gasteiger partial charge on any atom is -0.312 e. The zero-order valence-electron chi connectivity index (χ0n) is 10.5. The highest BCUT2D eigenvalue weighted by Gasteiger charge is 2.05. The average molecular weight is 250 g/mol. The van der Waals surface area contributed by atoms with Crippen LogP contribution in [-0.4, -0.2) is 21.3 Å². The first kappa shape index (κ1) is 12.3. The van der Waals surface area contributed by atoms with Crippen LogP contribution in [0.25, 0.3) is 0 Å². The van der Waals surface area contributed by atoms with Crippen LogP contribution in [-0.2, 0) is 13.1 Å². The third-order valence-electron chi connectivity index (χ3n) is 2.53. The molecule has 0 fully saturated rings. The lowest BCUT2D eigenvalue weighted by Crippen LogP contribution is -2.10. The van der Waals surface area contributed by atoms with Gasteiger partial charge in [0.2, 0.25) is 0 Å². The predicted octanol–water partition coefficient (Wildman–Crippen LogP) is 2.11. The molecule has 92 valence electrons. The number of nitrogens with zero attached hydrogens (tertiary/aromatic N) is 3. The predicted molar refractivity (Wildman–Crippen MR) is 70.3 cm³/mol. The minimum absolute atomic E-state index is 0.823. The Hall–Kier alpha value is -1.20. The number of thiophene rings is 1. The lowest BCUT2D eigenvalue weighted by molar-refractivity contribution is 0.663. The first-order valence-corrected chi connectivity index (χ1v) is 6.67. The molecular formula is C12H18N4S. The SMILES string of the molecule is CCNCc1ccc(Cn2nc(C)nc2C)s1. The van der Waals surface area contributed by atoms with Gasteiger partial charge in [-0.1, -0.05) is 6.92 Å². The Morgan fingerprint density at radius 3 is 2.71 bits per heavy atom. The molecule has 2 heterocycles. The zero-order chi connectivity index (χ0) is 12.3. The molecule has 0 saturated heterocycles. The molecule has 2 aromatic heterocycles. The molecule has 0 aromatic carbocycles. The molecule has 17 heavy (non-hydrogen) atoms. The summed E-state index contributed by atoms with van der Waals surface area (Å²) in [6.45, 7) is 8.83. The number of nitrogens with one attached hydrogen (secondary N) is 1. The Morgan fingerprint density at radius 2 is 2.06 bits per heavy atom. The maximum Gasteiger partial charge on any atom is 0.147 e. The number of aromatic nitrogens is 3. The van der Waals surface area contributed by atoms with Gasteiger partial charge in [0.15, 0.2) is 0 Å². The van der Waals surface area contributed by atoms with Crippen LogP contribution in [0.4, 0.5) is 0 Å². The number of hydrogen-bond donors (Lipinski definition) is 1. The second kappa shape index (κ2) is 5.42. The summed E-state index contributed by atoms with van der Waals surface area (Å²) in [4.78, 5) is 7.00. The van der Waals surface area contributed by atoms with Gasteiger partial charge in [-0.2, -0.15) is 5.10 Å². The number of aryl methyl sites for hydroxylation is 2. The Morgan fingerprint density at radius 1 is 1.29 bits per heavy atom. The topological polar surface area (TPSA) is 42.7 Å². The van der Waals surface area contributed by atoms with Gasteiger partial charge < -0.3 is 5.32 Å². The van der Waals surface area contributed by atoms with Crippen molar-refractivity contribution in [3.05, 3.63) is 33.5 Å². The Labute approximate surface area is 106 Å². The fourth-order valence-corrected chi connectivity index (χ4v) is 2.68. The van der Waals surface area contributed by atoms with Crippen LogP contribution in [0, 0.1) is 13.8 Å². The molecule has 0 atom stereocenters. The summed E-state index contributed by atoms with van der Waals surface area (Å²) in [5.41, 5.74) is 0. The van der Waals surface area contributed by atoms with Gasteiger partial charge in [-0.05, 0) is 32.5 Å². The summed E-state index contributed by atoms with van der Waals surface area (Å²) in [7, 11) is 0. The highest BCUT2D eigenvalue weighted by atomic mass is 32.1. The van der Waals surface area contributed by atoms with Gasteiger partial charge in [0.05, 0.1) is 6.54 Å². The molecule has 5 heteroatoms. The van der Waals surface area contributed by atoms with Crippen molar-refractivity contribution in [2.75, 3.05) is 6.54 Å². The van der Waals surface area contributed by atoms with E-state index in [4.69, 9.17) is 0 Å². The molecule has 0 amide bonds. The van der Waals surface area contributed by atoms with Gasteiger partial charge in [0.25, 0.3) is 0 Å². The first-order chi connectivity index (χ1) is 8.19. The Bertz CT molecular complexity index is 486. The van der Waals surface area contributed by atoms with Gasteiger partial charge in [-0.15, -0.1) is 11.3 Å². The molecule has 0 saturated carbocycles. The van der Waals surface area contributed by atoms with Gasteiger partial charge in [-0.3, -0.25) is 0 Å². The summed E-state index contributed by atoms with van der Waals surface area (Å²) < 4.78 is 1.96. The summed E-state index contributed by atoms with van der Waals surface area (Å²) >= 11 is 1.83. The molecule has 0 aliphatic heterocycles. The van der Waals surface area contributed by atoms with Crippen LogP contribution in [0.3, 0.4) is 0 Å². The van der Waals surface area contributed by atoms with Crippen LogP contribution in [0.2, 0.25) is 0 Å². The van der Waals surface area contributed by atoms with Crippen LogP contribution in [0.15, 0.2) is 12.1 Å². The Kier molecular flexibility index (Phi) is 3.91. The van der Waals surface area contributed by atoms with E-state index in [1.54, 1.807) is 0 Å². The van der Waals surface area contributed by atoms with E-state index in [0.29, 0.717) is 0 Å². The molecule has 0 radical (unpaired) electrons. The van der Waals surface area contributed by atoms with E-state index in [2.05, 4.69) is 34.5 Å². The van der Waals surface area contributed by atoms with Crippen molar-refractivity contribution in [3.63, 3.8) is 0 Å². The molecule has 2 aromatic rings. The second-order valence-corrected chi connectivity index (χ2v) is 5.27. The van der Waals surface area contributed by atoms with E-state index in [0.717, 1.165) is 31.3 Å². The van der Waals surface area contributed by atoms with E-state index >= 15 is 0 Å². The quantitative estimate of drug-likeness (QED) is 0.884. The van der Waals surface area contributed by atoms with E-state index in [1.165, 1.54) is 9.75 Å². The molecule has 1 N–H and O–H groups in total. The fraction of sp³-hybridized carbons (Fsp3) is 0.500. The molecule has 2 rings (SSSR count). The minimum atomic E-state index is 0.823. The molecule has 0 aliphatic rings. The van der Waals surface area contributed by atoms with Crippen molar-refractivity contribution in [1.82, 2.24) is 20.1 Å². The van der Waals surface area contributed by atoms with E-state index in [-0.39, 0.29) is 0 Å². The smallest absolute Gasteiger partial charge is 0.147 e. The highest BCUT2D eigenvalue weighted by molar-refractivity contribution is 7.11. The molecule has 0 aliphatic carbocycles. The summed E-state index contributed by atoms with van der Waals surface area (Å²) in [6.07, 6.45) is 0. The molecule has 0 bridgehead atoms. The van der Waals surface area contributed by atoms with Crippen molar-refractivity contribution >= 4 is 11.3 Å².